The molecule has 1 aromatic heterocycles. The molecule has 0 unspecified atom stereocenters. The molecule has 0 aliphatic heterocycles. The number of carbonyl (C=O) groups is 1. The second-order valence-corrected chi connectivity index (χ2v) is 7.87. The molecule has 0 aliphatic carbocycles. The molecule has 0 saturated heterocycles. The van der Waals surface area contributed by atoms with Crippen LogP contribution < -0.4 is 9.47 Å². The van der Waals surface area contributed by atoms with Crippen LogP contribution in [0.1, 0.15) is 45.0 Å². The number of unbranched alkanes of at least 4 members (excludes halogenated alkanes) is 1. The molecule has 0 radical (unpaired) electrons. The molecule has 0 fully saturated rings. The molecular weight excluding hydrogens is 439 g/mol. The van der Waals surface area contributed by atoms with E-state index in [1.807, 2.05) is 53.3 Å². The molecule has 2 aromatic carbocycles. The van der Waals surface area contributed by atoms with Crippen molar-refractivity contribution in [3.05, 3.63) is 65.1 Å². The van der Waals surface area contributed by atoms with Crippen LogP contribution in [0, 0.1) is 0 Å². The molecule has 32 heavy (non-hydrogen) atoms. The van der Waals surface area contributed by atoms with Gasteiger partial charge in [0.1, 0.15) is 0 Å². The third-order valence-electron chi connectivity index (χ3n) is 5.30. The Bertz CT molecular complexity index is 1140. The lowest BCUT2D eigenvalue weighted by Crippen LogP contribution is -2.37. The highest BCUT2D eigenvalue weighted by molar-refractivity contribution is 6.32. The molecule has 1 amide bonds. The van der Waals surface area contributed by atoms with Gasteiger partial charge in [0.05, 0.1) is 23.7 Å². The van der Waals surface area contributed by atoms with Gasteiger partial charge in [0.15, 0.2) is 11.0 Å². The third kappa shape index (κ3) is 4.83. The van der Waals surface area contributed by atoms with Crippen molar-refractivity contribution in [3.63, 3.8) is 0 Å². The van der Waals surface area contributed by atoms with Crippen LogP contribution in [0.2, 0.25) is 5.02 Å². The molecule has 1 heterocycles. The maximum absolute atomic E-state index is 13.5. The lowest BCUT2D eigenvalue weighted by atomic mass is 10.2. The number of aromatic nitrogens is 2. The Morgan fingerprint density at radius 3 is 2.44 bits per heavy atom. The number of hydrogen-bond acceptors (Lipinski definition) is 1. The van der Waals surface area contributed by atoms with Crippen LogP contribution in [0.3, 0.4) is 0 Å². The first-order chi connectivity index (χ1) is 15.2. The topological polar surface area (TPSA) is 29.1 Å². The smallest absolute Gasteiger partial charge is 0.288 e. The molecule has 0 atom stereocenters. The van der Waals surface area contributed by atoms with Crippen LogP contribution >= 0.6 is 11.6 Å². The van der Waals surface area contributed by atoms with Gasteiger partial charge in [0.2, 0.25) is 5.91 Å². The standard InChI is InChI=1S/C24H26ClF3N3O/c1-4-6-13-31-21-15-19(24(26,27)28)20(25)16-22(21)29(5-2)23(31)12-14-30(17(3)32)18-10-8-7-9-11-18/h7-12,14-16H,4-6,13H2,1-3H3/q+1. The number of fused-ring (bicyclic) bond motifs is 1. The molecule has 4 nitrogen and oxygen atoms in total. The second kappa shape index (κ2) is 9.77. The molecule has 8 heteroatoms. The number of carbonyl (C=O) groups excluding carboxylic acids is 1. The van der Waals surface area contributed by atoms with E-state index >= 15 is 0 Å². The van der Waals surface area contributed by atoms with E-state index in [9.17, 15) is 18.0 Å². The molecule has 0 spiro atoms. The van der Waals surface area contributed by atoms with Crippen molar-refractivity contribution in [1.82, 2.24) is 4.57 Å². The van der Waals surface area contributed by atoms with Gasteiger partial charge in [-0.05, 0) is 25.5 Å². The Kier molecular flexibility index (Phi) is 7.29. The predicted octanol–water partition coefficient (Wildman–Crippen LogP) is 6.44. The Morgan fingerprint density at radius 1 is 1.19 bits per heavy atom. The first-order valence-electron chi connectivity index (χ1n) is 10.5. The number of benzene rings is 2. The molecular formula is C24H26ClF3N3O+. The number of rotatable bonds is 7. The number of hydrogen-bond donors (Lipinski definition) is 0. The van der Waals surface area contributed by atoms with Crippen molar-refractivity contribution in [2.45, 2.75) is 52.9 Å². The molecule has 3 aromatic rings. The summed E-state index contributed by atoms with van der Waals surface area (Å²) in [4.78, 5) is 13.8. The number of imidazole rings is 1. The largest absolute Gasteiger partial charge is 0.418 e. The van der Waals surface area contributed by atoms with E-state index in [0.29, 0.717) is 35.6 Å². The van der Waals surface area contributed by atoms with Crippen molar-refractivity contribution in [1.29, 1.82) is 0 Å². The molecule has 0 saturated carbocycles. The van der Waals surface area contributed by atoms with Gasteiger partial charge < -0.3 is 0 Å². The first kappa shape index (κ1) is 23.9. The molecule has 0 bridgehead atoms. The zero-order valence-electron chi connectivity index (χ0n) is 18.3. The van der Waals surface area contributed by atoms with Gasteiger partial charge in [-0.1, -0.05) is 43.1 Å². The van der Waals surface area contributed by atoms with E-state index < -0.39 is 11.7 Å². The summed E-state index contributed by atoms with van der Waals surface area (Å²) in [5, 5.41) is -0.329. The van der Waals surface area contributed by atoms with Crippen LogP contribution in [0.25, 0.3) is 17.1 Å². The SMILES string of the molecule is CCCC[n+]1c(/C=C/N(C(C)=O)c2ccccc2)n(CC)c2cc(Cl)c(C(F)(F)F)cc21. The Labute approximate surface area is 190 Å². The van der Waals surface area contributed by atoms with Crippen molar-refractivity contribution in [3.8, 4) is 0 Å². The number of alkyl halides is 3. The van der Waals surface area contributed by atoms with Crippen molar-refractivity contribution in [2.75, 3.05) is 4.90 Å². The number of aryl methyl sites for hydroxylation is 2. The summed E-state index contributed by atoms with van der Waals surface area (Å²) in [6.07, 6.45) is 0.573. The van der Waals surface area contributed by atoms with E-state index in [-0.39, 0.29) is 10.9 Å². The summed E-state index contributed by atoms with van der Waals surface area (Å²) in [5.41, 5.74) is 0.939. The van der Waals surface area contributed by atoms with E-state index in [1.165, 1.54) is 17.9 Å². The van der Waals surface area contributed by atoms with E-state index in [2.05, 4.69) is 0 Å². The van der Waals surface area contributed by atoms with Gasteiger partial charge in [-0.3, -0.25) is 9.69 Å². The zero-order chi connectivity index (χ0) is 23.5. The van der Waals surface area contributed by atoms with Crippen LogP contribution in [-0.4, -0.2) is 10.5 Å². The number of halogens is 4. The average molecular weight is 465 g/mol. The maximum Gasteiger partial charge on any atom is 0.418 e. The minimum atomic E-state index is -4.54. The number of amides is 1. The highest BCUT2D eigenvalue weighted by Gasteiger charge is 2.36. The summed E-state index contributed by atoms with van der Waals surface area (Å²) in [7, 11) is 0. The number of para-hydroxylation sites is 1. The lowest BCUT2D eigenvalue weighted by molar-refractivity contribution is -0.674. The first-order valence-corrected chi connectivity index (χ1v) is 10.9. The van der Waals surface area contributed by atoms with Gasteiger partial charge >= 0.3 is 6.18 Å². The quantitative estimate of drug-likeness (QED) is 0.370. The molecule has 0 N–H and O–H groups in total. The van der Waals surface area contributed by atoms with Gasteiger partial charge in [0.25, 0.3) is 5.82 Å². The average Bonchev–Trinajstić information content (AvgIpc) is 3.03. The molecule has 0 aliphatic rings. The van der Waals surface area contributed by atoms with Crippen LogP contribution in [0.4, 0.5) is 18.9 Å². The third-order valence-corrected chi connectivity index (χ3v) is 5.61. The number of nitrogens with zero attached hydrogens (tertiary/aromatic N) is 3. The van der Waals surface area contributed by atoms with Crippen LogP contribution in [0.15, 0.2) is 48.7 Å². The molecule has 170 valence electrons. The fraction of sp³-hybridized carbons (Fsp3) is 0.333. The van der Waals surface area contributed by atoms with Gasteiger partial charge in [0, 0.05) is 37.0 Å². The zero-order valence-corrected chi connectivity index (χ0v) is 19.0. The molecule has 3 rings (SSSR count). The minimum absolute atomic E-state index is 0.172. The summed E-state index contributed by atoms with van der Waals surface area (Å²) in [6.45, 7) is 6.49. The number of anilines is 1. The van der Waals surface area contributed by atoms with E-state index in [0.717, 1.165) is 18.9 Å². The van der Waals surface area contributed by atoms with Crippen LogP contribution in [-0.2, 0) is 24.1 Å². The fourth-order valence-electron chi connectivity index (χ4n) is 3.76. The van der Waals surface area contributed by atoms with Crippen molar-refractivity contribution >= 4 is 40.3 Å². The lowest BCUT2D eigenvalue weighted by Gasteiger charge is -2.15. The van der Waals surface area contributed by atoms with Gasteiger partial charge in [-0.15, -0.1) is 0 Å². The Morgan fingerprint density at radius 2 is 1.88 bits per heavy atom. The van der Waals surface area contributed by atoms with Crippen LogP contribution in [0.5, 0.6) is 0 Å². The summed E-state index contributed by atoms with van der Waals surface area (Å²) in [6, 6.07) is 11.7. The van der Waals surface area contributed by atoms with Crippen molar-refractivity contribution in [2.24, 2.45) is 0 Å². The minimum Gasteiger partial charge on any atom is -0.288 e. The summed E-state index contributed by atoms with van der Waals surface area (Å²) in [5.74, 6) is 0.530. The fourth-order valence-corrected chi connectivity index (χ4v) is 4.02. The Hall–Kier alpha value is -2.80. The van der Waals surface area contributed by atoms with E-state index in [1.54, 1.807) is 12.3 Å². The predicted molar refractivity (Wildman–Crippen MR) is 121 cm³/mol. The van der Waals surface area contributed by atoms with Gasteiger partial charge in [-0.2, -0.15) is 13.2 Å². The second-order valence-electron chi connectivity index (χ2n) is 7.47. The van der Waals surface area contributed by atoms with Gasteiger partial charge in [-0.25, -0.2) is 9.13 Å². The van der Waals surface area contributed by atoms with E-state index in [4.69, 9.17) is 11.6 Å². The monoisotopic (exact) mass is 464 g/mol. The summed E-state index contributed by atoms with van der Waals surface area (Å²) >= 11 is 6.02. The highest BCUT2D eigenvalue weighted by Crippen LogP contribution is 2.37. The Balaban J connectivity index is 2.22. The van der Waals surface area contributed by atoms with Crippen molar-refractivity contribution < 1.29 is 22.5 Å². The maximum atomic E-state index is 13.5. The summed E-state index contributed by atoms with van der Waals surface area (Å²) < 4.78 is 44.3. The normalized spacial score (nSPS) is 12.1. The highest BCUT2D eigenvalue weighted by atomic mass is 35.5.